The summed E-state index contributed by atoms with van der Waals surface area (Å²) in [5.41, 5.74) is 2.52. The molecule has 1 aromatic rings. The molecular weight excluding hydrogens is 246 g/mol. The summed E-state index contributed by atoms with van der Waals surface area (Å²) in [5.74, 6) is 0.907. The molecule has 0 amide bonds. The zero-order valence-electron chi connectivity index (χ0n) is 11.0. The van der Waals surface area contributed by atoms with Gasteiger partial charge in [0.1, 0.15) is 5.82 Å². The summed E-state index contributed by atoms with van der Waals surface area (Å²) in [4.78, 5) is 6.76. The van der Waals surface area contributed by atoms with Gasteiger partial charge in [-0.05, 0) is 31.5 Å². The van der Waals surface area contributed by atoms with Gasteiger partial charge >= 0.3 is 0 Å². The highest BCUT2D eigenvalue weighted by Crippen LogP contribution is 2.26. The lowest BCUT2D eigenvalue weighted by molar-refractivity contribution is 0.722. The summed E-state index contributed by atoms with van der Waals surface area (Å²) in [5, 5.41) is 4.03. The van der Waals surface area contributed by atoms with Crippen LogP contribution in [-0.4, -0.2) is 24.6 Å². The summed E-state index contributed by atoms with van der Waals surface area (Å²) < 4.78 is 0. The van der Waals surface area contributed by atoms with Crippen LogP contribution >= 0.6 is 11.6 Å². The van der Waals surface area contributed by atoms with Crippen molar-refractivity contribution in [2.75, 3.05) is 24.5 Å². The second-order valence-electron chi connectivity index (χ2n) is 4.69. The van der Waals surface area contributed by atoms with Crippen molar-refractivity contribution in [1.82, 2.24) is 10.3 Å². The van der Waals surface area contributed by atoms with Gasteiger partial charge in [0.25, 0.3) is 0 Å². The molecule has 0 unspecified atom stereocenters. The van der Waals surface area contributed by atoms with Gasteiger partial charge in [0.2, 0.25) is 0 Å². The summed E-state index contributed by atoms with van der Waals surface area (Å²) in [6.07, 6.45) is 5.27. The van der Waals surface area contributed by atoms with Crippen molar-refractivity contribution in [3.05, 3.63) is 34.5 Å². The van der Waals surface area contributed by atoms with Crippen molar-refractivity contribution in [3.63, 3.8) is 0 Å². The molecule has 98 valence electrons. The van der Waals surface area contributed by atoms with Crippen molar-refractivity contribution < 1.29 is 0 Å². The highest BCUT2D eigenvalue weighted by molar-refractivity contribution is 6.33. The van der Waals surface area contributed by atoms with E-state index in [1.807, 2.05) is 12.3 Å². The minimum Gasteiger partial charge on any atom is -0.351 e. The normalized spacial score (nSPS) is 15.7. The zero-order chi connectivity index (χ0) is 13.0. The van der Waals surface area contributed by atoms with E-state index < -0.39 is 0 Å². The van der Waals surface area contributed by atoms with Crippen LogP contribution in [0.25, 0.3) is 0 Å². The zero-order valence-corrected chi connectivity index (χ0v) is 11.8. The molecule has 0 spiro atoms. The van der Waals surface area contributed by atoms with Gasteiger partial charge < -0.3 is 10.2 Å². The first kappa shape index (κ1) is 13.4. The van der Waals surface area contributed by atoms with Crippen LogP contribution in [0.3, 0.4) is 0 Å². The Balaban J connectivity index is 2.12. The molecule has 18 heavy (non-hydrogen) atoms. The number of nitrogens with one attached hydrogen (secondary N) is 1. The molecular formula is C14H20ClN3. The Kier molecular flexibility index (Phi) is 4.61. The van der Waals surface area contributed by atoms with Crippen molar-refractivity contribution in [2.45, 2.75) is 26.8 Å². The minimum absolute atomic E-state index is 0.750. The van der Waals surface area contributed by atoms with Crippen molar-refractivity contribution in [1.29, 1.82) is 0 Å². The number of hydrogen-bond donors (Lipinski definition) is 1. The SMILES string of the molecule is CCNCc1cnc(N2CCC=C(C)C2)c(Cl)c1. The van der Waals surface area contributed by atoms with E-state index in [0.29, 0.717) is 0 Å². The van der Waals surface area contributed by atoms with E-state index in [1.54, 1.807) is 0 Å². The summed E-state index contributed by atoms with van der Waals surface area (Å²) in [6.45, 7) is 7.94. The Bertz CT molecular complexity index is 443. The van der Waals surface area contributed by atoms with E-state index in [0.717, 1.165) is 49.0 Å². The molecule has 0 bridgehead atoms. The van der Waals surface area contributed by atoms with Crippen LogP contribution in [0, 0.1) is 0 Å². The number of aromatic nitrogens is 1. The van der Waals surface area contributed by atoms with Crippen LogP contribution in [0.1, 0.15) is 25.8 Å². The number of hydrogen-bond acceptors (Lipinski definition) is 3. The summed E-state index contributed by atoms with van der Waals surface area (Å²) >= 11 is 6.34. The molecule has 2 heterocycles. The molecule has 1 N–H and O–H groups in total. The summed E-state index contributed by atoms with van der Waals surface area (Å²) in [6, 6.07) is 2.01. The molecule has 0 aromatic carbocycles. The first-order valence-corrected chi connectivity index (χ1v) is 6.84. The van der Waals surface area contributed by atoms with Gasteiger partial charge in [0.15, 0.2) is 0 Å². The highest BCUT2D eigenvalue weighted by Gasteiger charge is 2.15. The molecule has 1 aliphatic heterocycles. The maximum absolute atomic E-state index is 6.34. The van der Waals surface area contributed by atoms with Crippen LogP contribution in [0.15, 0.2) is 23.9 Å². The average molecular weight is 266 g/mol. The Hall–Kier alpha value is -1.06. The molecule has 0 radical (unpaired) electrons. The van der Waals surface area contributed by atoms with E-state index in [-0.39, 0.29) is 0 Å². The molecule has 0 saturated heterocycles. The lowest BCUT2D eigenvalue weighted by atomic mass is 10.1. The summed E-state index contributed by atoms with van der Waals surface area (Å²) in [7, 11) is 0. The molecule has 2 rings (SSSR count). The fraction of sp³-hybridized carbons (Fsp3) is 0.500. The molecule has 0 atom stereocenters. The number of rotatable bonds is 4. The van der Waals surface area contributed by atoms with Crippen LogP contribution in [0.2, 0.25) is 5.02 Å². The fourth-order valence-electron chi connectivity index (χ4n) is 2.16. The Morgan fingerprint density at radius 3 is 3.00 bits per heavy atom. The molecule has 1 aromatic heterocycles. The fourth-order valence-corrected chi connectivity index (χ4v) is 2.47. The maximum atomic E-state index is 6.34. The van der Waals surface area contributed by atoms with Crippen LogP contribution < -0.4 is 10.2 Å². The van der Waals surface area contributed by atoms with E-state index in [9.17, 15) is 0 Å². The largest absolute Gasteiger partial charge is 0.351 e. The molecule has 0 saturated carbocycles. The topological polar surface area (TPSA) is 28.2 Å². The highest BCUT2D eigenvalue weighted by atomic mass is 35.5. The number of nitrogens with zero attached hydrogens (tertiary/aromatic N) is 2. The maximum Gasteiger partial charge on any atom is 0.147 e. The van der Waals surface area contributed by atoms with Crippen molar-refractivity contribution in [3.8, 4) is 0 Å². The predicted octanol–water partition coefficient (Wildman–Crippen LogP) is 3.00. The van der Waals surface area contributed by atoms with Crippen molar-refractivity contribution >= 4 is 17.4 Å². The second-order valence-corrected chi connectivity index (χ2v) is 5.10. The van der Waals surface area contributed by atoms with Crippen LogP contribution in [0.4, 0.5) is 5.82 Å². The van der Waals surface area contributed by atoms with Gasteiger partial charge in [-0.25, -0.2) is 4.98 Å². The quantitative estimate of drug-likeness (QED) is 0.849. The van der Waals surface area contributed by atoms with Gasteiger partial charge in [-0.15, -0.1) is 0 Å². The van der Waals surface area contributed by atoms with E-state index in [4.69, 9.17) is 11.6 Å². The van der Waals surface area contributed by atoms with Crippen molar-refractivity contribution in [2.24, 2.45) is 0 Å². The monoisotopic (exact) mass is 265 g/mol. The average Bonchev–Trinajstić information content (AvgIpc) is 2.36. The second kappa shape index (κ2) is 6.21. The number of pyridine rings is 1. The third-order valence-corrected chi connectivity index (χ3v) is 3.37. The number of anilines is 1. The van der Waals surface area contributed by atoms with E-state index in [2.05, 4.69) is 35.1 Å². The first-order valence-electron chi connectivity index (χ1n) is 6.46. The van der Waals surface area contributed by atoms with Gasteiger partial charge in [0.05, 0.1) is 5.02 Å². The molecule has 0 fully saturated rings. The van der Waals surface area contributed by atoms with Gasteiger partial charge in [-0.1, -0.05) is 30.2 Å². The lowest BCUT2D eigenvalue weighted by Gasteiger charge is -2.28. The molecule has 1 aliphatic rings. The minimum atomic E-state index is 0.750. The smallest absolute Gasteiger partial charge is 0.147 e. The Morgan fingerprint density at radius 1 is 1.50 bits per heavy atom. The third kappa shape index (κ3) is 3.24. The first-order chi connectivity index (χ1) is 8.70. The molecule has 3 nitrogen and oxygen atoms in total. The Morgan fingerprint density at radius 2 is 2.33 bits per heavy atom. The molecule has 0 aliphatic carbocycles. The number of halogens is 1. The van der Waals surface area contributed by atoms with E-state index >= 15 is 0 Å². The lowest BCUT2D eigenvalue weighted by Crippen LogP contribution is -2.30. The van der Waals surface area contributed by atoms with Gasteiger partial charge in [0, 0.05) is 25.8 Å². The standard InChI is InChI=1S/C14H20ClN3/c1-3-16-8-12-7-13(15)14(17-9-12)18-6-4-5-11(2)10-18/h5,7,9,16H,3-4,6,8,10H2,1-2H3. The van der Waals surface area contributed by atoms with Gasteiger partial charge in [-0.2, -0.15) is 0 Å². The molecule has 4 heteroatoms. The predicted molar refractivity (Wildman–Crippen MR) is 77.2 cm³/mol. The third-order valence-electron chi connectivity index (χ3n) is 3.09. The van der Waals surface area contributed by atoms with Crippen LogP contribution in [-0.2, 0) is 6.54 Å². The van der Waals surface area contributed by atoms with Crippen LogP contribution in [0.5, 0.6) is 0 Å². The Labute approximate surface area is 114 Å². The van der Waals surface area contributed by atoms with Gasteiger partial charge in [-0.3, -0.25) is 0 Å². The van der Waals surface area contributed by atoms with E-state index in [1.165, 1.54) is 5.57 Å².